The lowest BCUT2D eigenvalue weighted by Gasteiger charge is -2.08. The first-order chi connectivity index (χ1) is 9.60. The van der Waals surface area contributed by atoms with Crippen molar-refractivity contribution in [3.05, 3.63) is 51.0 Å². The first-order valence-corrected chi connectivity index (χ1v) is 7.59. The molecule has 2 rings (SSSR count). The van der Waals surface area contributed by atoms with E-state index in [0.717, 1.165) is 24.4 Å². The van der Waals surface area contributed by atoms with Crippen LogP contribution < -0.4 is 10.1 Å². The molecule has 0 aliphatic carbocycles. The van der Waals surface area contributed by atoms with Gasteiger partial charge in [0.2, 0.25) is 0 Å². The van der Waals surface area contributed by atoms with Gasteiger partial charge in [-0.25, -0.2) is 4.39 Å². The van der Waals surface area contributed by atoms with Gasteiger partial charge in [0.1, 0.15) is 18.2 Å². The van der Waals surface area contributed by atoms with Crippen LogP contribution in [-0.2, 0) is 13.2 Å². The number of aryl methyl sites for hydroxylation is 2. The zero-order valence-electron chi connectivity index (χ0n) is 12.1. The van der Waals surface area contributed by atoms with E-state index in [-0.39, 0.29) is 5.82 Å². The van der Waals surface area contributed by atoms with Gasteiger partial charge in [0.25, 0.3) is 0 Å². The molecule has 1 N–H and O–H groups in total. The Morgan fingerprint density at radius 1 is 1.25 bits per heavy atom. The van der Waals surface area contributed by atoms with Gasteiger partial charge in [-0.1, -0.05) is 6.92 Å². The van der Waals surface area contributed by atoms with Crippen molar-refractivity contribution in [2.45, 2.75) is 33.9 Å². The minimum Gasteiger partial charge on any atom is -0.489 e. The topological polar surface area (TPSA) is 21.3 Å². The predicted molar refractivity (Wildman–Crippen MR) is 81.9 cm³/mol. The van der Waals surface area contributed by atoms with Crippen LogP contribution in [0.15, 0.2) is 24.3 Å². The second-order valence-electron chi connectivity index (χ2n) is 4.77. The molecule has 2 nitrogen and oxygen atoms in total. The zero-order valence-corrected chi connectivity index (χ0v) is 12.9. The Morgan fingerprint density at radius 3 is 2.75 bits per heavy atom. The van der Waals surface area contributed by atoms with Crippen LogP contribution >= 0.6 is 11.3 Å². The van der Waals surface area contributed by atoms with Gasteiger partial charge in [-0.2, -0.15) is 0 Å². The second-order valence-corrected chi connectivity index (χ2v) is 6.11. The molecule has 0 saturated carbocycles. The maximum Gasteiger partial charge on any atom is 0.123 e. The molecule has 0 aliphatic heterocycles. The molecule has 4 heteroatoms. The minimum atomic E-state index is -0.227. The number of halogens is 1. The standard InChI is InChI=1S/C16H20FNOS/c1-4-18-9-15-8-13(12(3)20-15)10-19-16-6-5-14(17)7-11(16)2/h5-8,18H,4,9-10H2,1-3H3. The number of nitrogens with one attached hydrogen (secondary N) is 1. The third-order valence-electron chi connectivity index (χ3n) is 3.14. The Hall–Kier alpha value is -1.39. The number of benzene rings is 1. The molecule has 0 aliphatic rings. The lowest BCUT2D eigenvalue weighted by atomic mass is 10.2. The molecule has 0 atom stereocenters. The minimum absolute atomic E-state index is 0.227. The molecule has 1 aromatic carbocycles. The Kier molecular flexibility index (Phi) is 5.15. The fourth-order valence-electron chi connectivity index (χ4n) is 2.00. The fourth-order valence-corrected chi connectivity index (χ4v) is 3.01. The van der Waals surface area contributed by atoms with Gasteiger partial charge in [-0.05, 0) is 50.2 Å². The van der Waals surface area contributed by atoms with Gasteiger partial charge in [0, 0.05) is 21.9 Å². The Labute approximate surface area is 123 Å². The van der Waals surface area contributed by atoms with Crippen molar-refractivity contribution < 1.29 is 9.13 Å². The van der Waals surface area contributed by atoms with Crippen LogP contribution in [0.25, 0.3) is 0 Å². The summed E-state index contributed by atoms with van der Waals surface area (Å²) in [5.74, 6) is 0.514. The summed E-state index contributed by atoms with van der Waals surface area (Å²) in [6.07, 6.45) is 0. The molecule has 0 spiro atoms. The van der Waals surface area contributed by atoms with Gasteiger partial charge in [-0.15, -0.1) is 11.3 Å². The van der Waals surface area contributed by atoms with Crippen molar-refractivity contribution in [2.24, 2.45) is 0 Å². The van der Waals surface area contributed by atoms with E-state index >= 15 is 0 Å². The smallest absolute Gasteiger partial charge is 0.123 e. The summed E-state index contributed by atoms with van der Waals surface area (Å²) in [5, 5.41) is 3.32. The van der Waals surface area contributed by atoms with Gasteiger partial charge in [0.15, 0.2) is 0 Å². The summed E-state index contributed by atoms with van der Waals surface area (Å²) in [4.78, 5) is 2.59. The fraction of sp³-hybridized carbons (Fsp3) is 0.375. The summed E-state index contributed by atoms with van der Waals surface area (Å²) in [7, 11) is 0. The van der Waals surface area contributed by atoms with E-state index in [1.54, 1.807) is 17.4 Å². The molecular weight excluding hydrogens is 273 g/mol. The van der Waals surface area contributed by atoms with E-state index in [4.69, 9.17) is 4.74 Å². The molecule has 20 heavy (non-hydrogen) atoms. The van der Waals surface area contributed by atoms with E-state index < -0.39 is 0 Å². The highest BCUT2D eigenvalue weighted by Crippen LogP contribution is 2.25. The van der Waals surface area contributed by atoms with Crippen LogP contribution in [0.2, 0.25) is 0 Å². The number of rotatable bonds is 6. The van der Waals surface area contributed by atoms with Crippen molar-refractivity contribution in [3.8, 4) is 5.75 Å². The number of hydrogen-bond acceptors (Lipinski definition) is 3. The second kappa shape index (κ2) is 6.86. The molecule has 0 bridgehead atoms. The monoisotopic (exact) mass is 293 g/mol. The van der Waals surface area contributed by atoms with Crippen molar-refractivity contribution in [1.29, 1.82) is 0 Å². The van der Waals surface area contributed by atoms with Gasteiger partial charge >= 0.3 is 0 Å². The van der Waals surface area contributed by atoms with Crippen LogP contribution in [0.3, 0.4) is 0 Å². The Balaban J connectivity index is 2.01. The maximum absolute atomic E-state index is 13.0. The van der Waals surface area contributed by atoms with E-state index in [1.807, 2.05) is 6.92 Å². The highest BCUT2D eigenvalue weighted by atomic mass is 32.1. The maximum atomic E-state index is 13.0. The molecular formula is C16H20FNOS. The van der Waals surface area contributed by atoms with Crippen molar-refractivity contribution in [1.82, 2.24) is 5.32 Å². The predicted octanol–water partition coefficient (Wildman–Crippen LogP) is 4.19. The largest absolute Gasteiger partial charge is 0.489 e. The average Bonchev–Trinajstić information content (AvgIpc) is 2.76. The van der Waals surface area contributed by atoms with Crippen molar-refractivity contribution in [3.63, 3.8) is 0 Å². The molecule has 2 aromatic rings. The van der Waals surface area contributed by atoms with E-state index in [0.29, 0.717) is 6.61 Å². The highest BCUT2D eigenvalue weighted by Gasteiger charge is 2.07. The summed E-state index contributed by atoms with van der Waals surface area (Å²) < 4.78 is 18.8. The lowest BCUT2D eigenvalue weighted by molar-refractivity contribution is 0.303. The quantitative estimate of drug-likeness (QED) is 0.862. The van der Waals surface area contributed by atoms with Crippen LogP contribution in [0.5, 0.6) is 5.75 Å². The SMILES string of the molecule is CCNCc1cc(COc2ccc(F)cc2C)c(C)s1. The van der Waals surface area contributed by atoms with Gasteiger partial charge in [-0.3, -0.25) is 0 Å². The number of thiophene rings is 1. The lowest BCUT2D eigenvalue weighted by Crippen LogP contribution is -2.10. The molecule has 1 heterocycles. The van der Waals surface area contributed by atoms with E-state index in [2.05, 4.69) is 25.2 Å². The summed E-state index contributed by atoms with van der Waals surface area (Å²) >= 11 is 1.79. The van der Waals surface area contributed by atoms with Gasteiger partial charge in [0.05, 0.1) is 0 Å². The summed E-state index contributed by atoms with van der Waals surface area (Å²) in [6, 6.07) is 6.79. The highest BCUT2D eigenvalue weighted by molar-refractivity contribution is 7.12. The molecule has 108 valence electrons. The van der Waals surface area contributed by atoms with Gasteiger partial charge < -0.3 is 10.1 Å². The van der Waals surface area contributed by atoms with Crippen LogP contribution in [-0.4, -0.2) is 6.54 Å². The molecule has 0 fully saturated rings. The molecule has 0 radical (unpaired) electrons. The van der Waals surface area contributed by atoms with Crippen molar-refractivity contribution >= 4 is 11.3 Å². The first kappa shape index (κ1) is 15.0. The normalized spacial score (nSPS) is 10.8. The molecule has 0 unspecified atom stereocenters. The third kappa shape index (κ3) is 3.81. The summed E-state index contributed by atoms with van der Waals surface area (Å²) in [6.45, 7) is 8.46. The summed E-state index contributed by atoms with van der Waals surface area (Å²) in [5.41, 5.74) is 2.03. The molecule has 0 saturated heterocycles. The Morgan fingerprint density at radius 2 is 2.05 bits per heavy atom. The van der Waals surface area contributed by atoms with Crippen LogP contribution in [0.4, 0.5) is 4.39 Å². The molecule has 0 amide bonds. The van der Waals surface area contributed by atoms with E-state index in [1.165, 1.54) is 27.5 Å². The average molecular weight is 293 g/mol. The van der Waals surface area contributed by atoms with Crippen LogP contribution in [0, 0.1) is 19.7 Å². The Bertz CT molecular complexity index is 580. The van der Waals surface area contributed by atoms with Crippen LogP contribution in [0.1, 0.15) is 27.8 Å². The van der Waals surface area contributed by atoms with E-state index in [9.17, 15) is 4.39 Å². The third-order valence-corrected chi connectivity index (χ3v) is 4.23. The molecule has 1 aromatic heterocycles. The van der Waals surface area contributed by atoms with Crippen molar-refractivity contribution in [2.75, 3.05) is 6.54 Å². The number of ether oxygens (including phenoxy) is 1. The first-order valence-electron chi connectivity index (χ1n) is 6.78. The number of hydrogen-bond donors (Lipinski definition) is 1. The zero-order chi connectivity index (χ0) is 14.5.